The molecule has 0 N–H and O–H groups in total. The lowest BCUT2D eigenvalue weighted by molar-refractivity contribution is -0.346. The fourth-order valence-electron chi connectivity index (χ4n) is 3.11. The second-order valence-corrected chi connectivity index (χ2v) is 5.79. The van der Waals surface area contributed by atoms with Gasteiger partial charge in [0.05, 0.1) is 5.56 Å². The van der Waals surface area contributed by atoms with E-state index < -0.39 is 0 Å². The van der Waals surface area contributed by atoms with Crippen LogP contribution in [0.3, 0.4) is 0 Å². The second-order valence-electron chi connectivity index (χ2n) is 5.79. The van der Waals surface area contributed by atoms with Gasteiger partial charge in [0.1, 0.15) is 5.57 Å². The van der Waals surface area contributed by atoms with Crippen molar-refractivity contribution >= 4 is 22.8 Å². The van der Waals surface area contributed by atoms with Crippen LogP contribution in [0.4, 0.5) is 0 Å². The molecule has 0 saturated carbocycles. The van der Waals surface area contributed by atoms with Crippen molar-refractivity contribution in [3.8, 4) is 0 Å². The molecule has 0 fully saturated rings. The van der Waals surface area contributed by atoms with Gasteiger partial charge in [-0.05, 0) is 29.8 Å². The van der Waals surface area contributed by atoms with Gasteiger partial charge in [0, 0.05) is 5.56 Å². The van der Waals surface area contributed by atoms with Crippen molar-refractivity contribution in [2.45, 2.75) is 0 Å². The first-order valence-electron chi connectivity index (χ1n) is 8.07. The van der Waals surface area contributed by atoms with Gasteiger partial charge < -0.3 is 5.21 Å². The van der Waals surface area contributed by atoms with Crippen LogP contribution in [-0.4, -0.2) is 16.2 Å². The lowest BCUT2D eigenvalue weighted by atomic mass is 9.95. The molecule has 0 unspecified atom stereocenters. The highest BCUT2D eigenvalue weighted by Crippen LogP contribution is 2.34. The highest BCUT2D eigenvalue weighted by molar-refractivity contribution is 6.62. The molecule has 0 aromatic heterocycles. The predicted molar refractivity (Wildman–Crippen MR) is 98.9 cm³/mol. The van der Waals surface area contributed by atoms with Gasteiger partial charge in [-0.2, -0.15) is 4.74 Å². The molecule has 1 aliphatic rings. The van der Waals surface area contributed by atoms with Crippen LogP contribution in [0.25, 0.3) is 11.3 Å². The predicted octanol–water partition coefficient (Wildman–Crippen LogP) is 4.14. The lowest BCUT2D eigenvalue weighted by Crippen LogP contribution is -2.18. The number of hydrogen-bond acceptors (Lipinski definition) is 2. The molecule has 4 rings (SSSR count). The number of allylic oxidation sites excluding steroid dienone is 1. The Bertz CT molecular complexity index is 988. The number of hydroxylamine groups is 1. The highest BCUT2D eigenvalue weighted by Gasteiger charge is 2.40. The Morgan fingerprint density at radius 3 is 1.56 bits per heavy atom. The van der Waals surface area contributed by atoms with Gasteiger partial charge in [0.25, 0.3) is 11.5 Å². The van der Waals surface area contributed by atoms with E-state index in [9.17, 15) is 10.0 Å². The van der Waals surface area contributed by atoms with E-state index in [1.165, 1.54) is 0 Å². The fraction of sp³-hybridized carbons (Fsp3) is 0. The third-order valence-corrected chi connectivity index (χ3v) is 4.24. The molecule has 0 radical (unpaired) electrons. The standard InChI is InChI=1S/C22H15NO2/c24-22-19(16-10-4-1-5-11-16)20(17-12-6-2-7-13-17)23(25)21(22)18-14-8-3-9-15-18/h1-15H. The van der Waals surface area contributed by atoms with E-state index in [2.05, 4.69) is 0 Å². The van der Waals surface area contributed by atoms with Crippen LogP contribution < -0.4 is 0 Å². The first-order chi connectivity index (χ1) is 12.3. The van der Waals surface area contributed by atoms with E-state index in [1.54, 1.807) is 12.1 Å². The zero-order chi connectivity index (χ0) is 17.2. The van der Waals surface area contributed by atoms with Gasteiger partial charge in [-0.25, -0.2) is 0 Å². The zero-order valence-electron chi connectivity index (χ0n) is 13.4. The maximum atomic E-state index is 13.2. The molecule has 25 heavy (non-hydrogen) atoms. The summed E-state index contributed by atoms with van der Waals surface area (Å²) in [6.45, 7) is 0. The first-order valence-corrected chi connectivity index (χ1v) is 8.07. The Labute approximate surface area is 145 Å². The van der Waals surface area contributed by atoms with E-state index in [0.29, 0.717) is 16.8 Å². The van der Waals surface area contributed by atoms with E-state index in [0.717, 1.165) is 15.9 Å². The van der Waals surface area contributed by atoms with E-state index in [1.807, 2.05) is 78.9 Å². The molecular weight excluding hydrogens is 310 g/mol. The number of carbonyl (C=O) groups is 1. The largest absolute Gasteiger partial charge is 0.618 e. The third-order valence-electron chi connectivity index (χ3n) is 4.24. The summed E-state index contributed by atoms with van der Waals surface area (Å²) in [7, 11) is 0. The molecule has 120 valence electrons. The minimum absolute atomic E-state index is 0.165. The van der Waals surface area contributed by atoms with Crippen LogP contribution in [0.15, 0.2) is 91.0 Å². The van der Waals surface area contributed by atoms with E-state index in [4.69, 9.17) is 0 Å². The van der Waals surface area contributed by atoms with Crippen molar-refractivity contribution < 1.29 is 9.53 Å². The van der Waals surface area contributed by atoms with Gasteiger partial charge in [-0.3, -0.25) is 4.79 Å². The molecular formula is C22H15NO2. The number of benzene rings is 3. The Morgan fingerprint density at radius 2 is 1.04 bits per heavy atom. The molecule has 3 aromatic rings. The van der Waals surface area contributed by atoms with Crippen molar-refractivity contribution in [1.82, 2.24) is 0 Å². The average Bonchev–Trinajstić information content (AvgIpc) is 2.94. The van der Waals surface area contributed by atoms with Crippen molar-refractivity contribution in [2.24, 2.45) is 0 Å². The van der Waals surface area contributed by atoms with Crippen LogP contribution in [0.2, 0.25) is 0 Å². The average molecular weight is 325 g/mol. The smallest absolute Gasteiger partial charge is 0.272 e. The molecule has 1 aliphatic heterocycles. The summed E-state index contributed by atoms with van der Waals surface area (Å²) in [5.74, 6) is -0.244. The molecule has 0 atom stereocenters. The summed E-state index contributed by atoms with van der Waals surface area (Å²) in [5.41, 5.74) is 3.12. The van der Waals surface area contributed by atoms with Crippen LogP contribution in [0.5, 0.6) is 0 Å². The lowest BCUT2D eigenvalue weighted by Gasteiger charge is -2.07. The molecule has 0 amide bonds. The Hall–Kier alpha value is -3.46. The summed E-state index contributed by atoms with van der Waals surface area (Å²) in [4.78, 5) is 13.2. The number of carbonyl (C=O) groups excluding carboxylic acids is 1. The molecule has 3 heteroatoms. The number of Topliss-reactive ketones (excluding diaryl/α,β-unsaturated/α-hetero) is 1. The summed E-state index contributed by atoms with van der Waals surface area (Å²) in [6, 6.07) is 27.8. The van der Waals surface area contributed by atoms with E-state index >= 15 is 0 Å². The molecule has 1 heterocycles. The zero-order valence-corrected chi connectivity index (χ0v) is 13.4. The highest BCUT2D eigenvalue weighted by atomic mass is 16.5. The summed E-state index contributed by atoms with van der Waals surface area (Å²) in [5, 5.41) is 13.1. The monoisotopic (exact) mass is 325 g/mol. The minimum atomic E-state index is -0.244. The van der Waals surface area contributed by atoms with Crippen LogP contribution in [0, 0.1) is 5.21 Å². The summed E-state index contributed by atoms with van der Waals surface area (Å²) >= 11 is 0. The minimum Gasteiger partial charge on any atom is -0.618 e. The summed E-state index contributed by atoms with van der Waals surface area (Å²) in [6.07, 6.45) is 0. The van der Waals surface area contributed by atoms with Crippen LogP contribution in [0.1, 0.15) is 16.7 Å². The van der Waals surface area contributed by atoms with E-state index in [-0.39, 0.29) is 11.5 Å². The van der Waals surface area contributed by atoms with Gasteiger partial charge in [0.2, 0.25) is 5.70 Å². The van der Waals surface area contributed by atoms with Crippen molar-refractivity contribution in [3.05, 3.63) is 113 Å². The Balaban J connectivity index is 1.97. The second kappa shape index (κ2) is 6.21. The number of nitrogens with zero attached hydrogens (tertiary/aromatic N) is 1. The molecule has 3 aromatic carbocycles. The maximum absolute atomic E-state index is 13.2. The van der Waals surface area contributed by atoms with Gasteiger partial charge >= 0.3 is 0 Å². The molecule has 0 bridgehead atoms. The number of ketones is 1. The molecule has 0 aliphatic carbocycles. The SMILES string of the molecule is O=C1C(c2ccccc2)=C(c2ccccc2)[N+]([O-])=C1c1ccccc1. The van der Waals surface area contributed by atoms with Gasteiger partial charge in [-0.1, -0.05) is 66.7 Å². The van der Waals surface area contributed by atoms with Gasteiger partial charge in [0.15, 0.2) is 0 Å². The number of hydrogen-bond donors (Lipinski definition) is 0. The summed E-state index contributed by atoms with van der Waals surface area (Å²) < 4.78 is 0.773. The first kappa shape index (κ1) is 15.1. The third kappa shape index (κ3) is 2.56. The fourth-order valence-corrected chi connectivity index (χ4v) is 3.11. The molecule has 3 nitrogen and oxygen atoms in total. The quantitative estimate of drug-likeness (QED) is 0.536. The van der Waals surface area contributed by atoms with Crippen LogP contribution >= 0.6 is 0 Å². The van der Waals surface area contributed by atoms with Gasteiger partial charge in [-0.15, -0.1) is 0 Å². The number of rotatable bonds is 3. The Morgan fingerprint density at radius 1 is 0.600 bits per heavy atom. The van der Waals surface area contributed by atoms with Crippen LogP contribution in [-0.2, 0) is 4.79 Å². The topological polar surface area (TPSA) is 43.1 Å². The van der Waals surface area contributed by atoms with Crippen molar-refractivity contribution in [1.29, 1.82) is 0 Å². The normalized spacial score (nSPS) is 14.3. The maximum Gasteiger partial charge on any atom is 0.272 e. The van der Waals surface area contributed by atoms with Crippen molar-refractivity contribution in [2.75, 3.05) is 0 Å². The Kier molecular flexibility index (Phi) is 3.75. The molecule has 0 spiro atoms. The molecule has 0 saturated heterocycles. The van der Waals surface area contributed by atoms with Crippen molar-refractivity contribution in [3.63, 3.8) is 0 Å².